The van der Waals surface area contributed by atoms with Gasteiger partial charge in [0.05, 0.1) is 0 Å². The Morgan fingerprint density at radius 3 is 2.00 bits per heavy atom. The van der Waals surface area contributed by atoms with Crippen molar-refractivity contribution in [1.29, 1.82) is 0 Å². The van der Waals surface area contributed by atoms with Crippen molar-refractivity contribution in [2.24, 2.45) is 5.41 Å². The number of halogens is 2. The lowest BCUT2D eigenvalue weighted by Crippen LogP contribution is -2.31. The molecule has 2 aromatic rings. The molecule has 0 fully saturated rings. The van der Waals surface area contributed by atoms with Crippen molar-refractivity contribution < 1.29 is 18.4 Å². The van der Waals surface area contributed by atoms with Crippen LogP contribution in [0.5, 0.6) is 0 Å². The Bertz CT molecular complexity index is 773. The van der Waals surface area contributed by atoms with Gasteiger partial charge in [0.25, 0.3) is 0 Å². The monoisotopic (exact) mass is 344 g/mol. The topological polar surface area (TPSA) is 34.1 Å². The molecule has 2 atom stereocenters. The van der Waals surface area contributed by atoms with Crippen LogP contribution in [0.4, 0.5) is 8.78 Å². The summed E-state index contributed by atoms with van der Waals surface area (Å²) in [7, 11) is 0. The zero-order valence-corrected chi connectivity index (χ0v) is 14.8. The molecule has 2 rings (SSSR count). The van der Waals surface area contributed by atoms with E-state index in [4.69, 9.17) is 0 Å². The average Bonchev–Trinajstić information content (AvgIpc) is 2.59. The van der Waals surface area contributed by atoms with Crippen molar-refractivity contribution in [2.45, 2.75) is 40.0 Å². The fourth-order valence-electron chi connectivity index (χ4n) is 2.48. The number of carbonyl (C=O) groups is 2. The standard InChI is InChI=1S/C21H22F2O2/c1-13-9-11-14(12-10-13)18(24)17(22)15-7-5-6-8-16(15)19(25)20(23)21(2,3)4/h5-12,17,20H,1-4H3/t17-,20-/m0/s1. The third-order valence-electron chi connectivity index (χ3n) is 4.06. The van der Waals surface area contributed by atoms with E-state index in [9.17, 15) is 18.4 Å². The number of rotatable bonds is 5. The van der Waals surface area contributed by atoms with Gasteiger partial charge in [0.1, 0.15) is 0 Å². The van der Waals surface area contributed by atoms with Gasteiger partial charge >= 0.3 is 0 Å². The van der Waals surface area contributed by atoms with Gasteiger partial charge in [-0.2, -0.15) is 0 Å². The van der Waals surface area contributed by atoms with E-state index in [1.807, 2.05) is 6.92 Å². The Morgan fingerprint density at radius 1 is 0.880 bits per heavy atom. The van der Waals surface area contributed by atoms with E-state index < -0.39 is 29.3 Å². The van der Waals surface area contributed by atoms with Gasteiger partial charge in [0, 0.05) is 22.1 Å². The third kappa shape index (κ3) is 4.19. The van der Waals surface area contributed by atoms with Crippen molar-refractivity contribution in [2.75, 3.05) is 0 Å². The van der Waals surface area contributed by atoms with Crippen LogP contribution < -0.4 is 0 Å². The zero-order chi connectivity index (χ0) is 18.8. The molecule has 4 heteroatoms. The molecule has 132 valence electrons. The molecule has 0 aliphatic heterocycles. The molecule has 0 bridgehead atoms. The lowest BCUT2D eigenvalue weighted by Gasteiger charge is -2.23. The normalized spacial score (nSPS) is 14.0. The van der Waals surface area contributed by atoms with E-state index in [-0.39, 0.29) is 16.7 Å². The first kappa shape index (κ1) is 19.0. The highest BCUT2D eigenvalue weighted by molar-refractivity contribution is 6.05. The van der Waals surface area contributed by atoms with Gasteiger partial charge in [-0.1, -0.05) is 74.9 Å². The lowest BCUT2D eigenvalue weighted by molar-refractivity contribution is 0.0726. The largest absolute Gasteiger partial charge is 0.291 e. The average molecular weight is 344 g/mol. The molecule has 0 saturated carbocycles. The van der Waals surface area contributed by atoms with Gasteiger partial charge in [-0.05, 0) is 6.92 Å². The summed E-state index contributed by atoms with van der Waals surface area (Å²) in [5.74, 6) is -1.55. The second kappa shape index (κ2) is 7.26. The number of benzene rings is 2. The van der Waals surface area contributed by atoms with Crippen LogP contribution in [0.2, 0.25) is 0 Å². The third-order valence-corrected chi connectivity index (χ3v) is 4.06. The Hall–Kier alpha value is -2.36. The van der Waals surface area contributed by atoms with Gasteiger partial charge in [0.2, 0.25) is 5.78 Å². The maximum Gasteiger partial charge on any atom is 0.201 e. The summed E-state index contributed by atoms with van der Waals surface area (Å²) in [6, 6.07) is 12.3. The van der Waals surface area contributed by atoms with Gasteiger partial charge in [-0.3, -0.25) is 9.59 Å². The lowest BCUT2D eigenvalue weighted by atomic mass is 9.83. The van der Waals surface area contributed by atoms with E-state index in [1.165, 1.54) is 24.3 Å². The van der Waals surface area contributed by atoms with Crippen molar-refractivity contribution in [1.82, 2.24) is 0 Å². The van der Waals surface area contributed by atoms with Crippen LogP contribution in [0.25, 0.3) is 0 Å². The van der Waals surface area contributed by atoms with Crippen LogP contribution in [-0.2, 0) is 0 Å². The molecule has 2 nitrogen and oxygen atoms in total. The molecule has 0 amide bonds. The number of Topliss-reactive ketones (excluding diaryl/α,β-unsaturated/α-hetero) is 2. The molecular formula is C21H22F2O2. The van der Waals surface area contributed by atoms with Crippen LogP contribution in [0, 0.1) is 12.3 Å². The minimum atomic E-state index is -2.02. The molecule has 0 aliphatic rings. The number of ketones is 2. The van der Waals surface area contributed by atoms with Gasteiger partial charge in [-0.25, -0.2) is 8.78 Å². The van der Waals surface area contributed by atoms with Gasteiger partial charge in [-0.15, -0.1) is 0 Å². The molecule has 0 aliphatic carbocycles. The van der Waals surface area contributed by atoms with Gasteiger partial charge in [0.15, 0.2) is 18.1 Å². The molecule has 0 spiro atoms. The summed E-state index contributed by atoms with van der Waals surface area (Å²) in [5, 5.41) is 0. The Labute approximate surface area is 146 Å². The summed E-state index contributed by atoms with van der Waals surface area (Å²) in [4.78, 5) is 24.9. The van der Waals surface area contributed by atoms with Crippen LogP contribution in [0.15, 0.2) is 48.5 Å². The highest BCUT2D eigenvalue weighted by atomic mass is 19.1. The van der Waals surface area contributed by atoms with Crippen molar-refractivity contribution in [3.05, 3.63) is 70.8 Å². The molecule has 2 aromatic carbocycles. The minimum Gasteiger partial charge on any atom is -0.291 e. The van der Waals surface area contributed by atoms with E-state index in [0.717, 1.165) is 5.56 Å². The van der Waals surface area contributed by atoms with Crippen molar-refractivity contribution in [3.8, 4) is 0 Å². The first-order chi connectivity index (χ1) is 11.6. The van der Waals surface area contributed by atoms with Crippen LogP contribution in [-0.4, -0.2) is 17.7 Å². The van der Waals surface area contributed by atoms with Crippen LogP contribution >= 0.6 is 0 Å². The van der Waals surface area contributed by atoms with Crippen LogP contribution in [0.1, 0.15) is 58.8 Å². The maximum absolute atomic E-state index is 14.9. The predicted octanol–water partition coefficient (Wildman–Crippen LogP) is 5.46. The quantitative estimate of drug-likeness (QED) is 0.675. The SMILES string of the molecule is Cc1ccc(C(=O)[C@@H](F)c2ccccc2C(=O)[C@H](F)C(C)(C)C)cc1. The van der Waals surface area contributed by atoms with Crippen molar-refractivity contribution >= 4 is 11.6 Å². The van der Waals surface area contributed by atoms with E-state index >= 15 is 0 Å². The number of hydrogen-bond donors (Lipinski definition) is 0. The highest BCUT2D eigenvalue weighted by Gasteiger charge is 2.35. The fourth-order valence-corrected chi connectivity index (χ4v) is 2.48. The molecule has 0 heterocycles. The number of hydrogen-bond acceptors (Lipinski definition) is 2. The fraction of sp³-hybridized carbons (Fsp3) is 0.333. The molecular weight excluding hydrogens is 322 g/mol. The molecule has 0 aromatic heterocycles. The summed E-state index contributed by atoms with van der Waals surface area (Å²) in [6.45, 7) is 6.66. The first-order valence-corrected chi connectivity index (χ1v) is 8.15. The maximum atomic E-state index is 14.9. The Kier molecular flexibility index (Phi) is 5.51. The predicted molar refractivity (Wildman–Crippen MR) is 94.5 cm³/mol. The zero-order valence-electron chi connectivity index (χ0n) is 14.8. The Morgan fingerprint density at radius 2 is 1.44 bits per heavy atom. The molecule has 0 unspecified atom stereocenters. The number of carbonyl (C=O) groups excluding carboxylic acids is 2. The molecule has 0 saturated heterocycles. The first-order valence-electron chi connectivity index (χ1n) is 8.15. The second-order valence-corrected chi connectivity index (χ2v) is 7.27. The Balaban J connectivity index is 2.38. The minimum absolute atomic E-state index is 0.0853. The summed E-state index contributed by atoms with van der Waals surface area (Å²) >= 11 is 0. The highest BCUT2D eigenvalue weighted by Crippen LogP contribution is 2.31. The van der Waals surface area contributed by atoms with Crippen LogP contribution in [0.3, 0.4) is 0 Å². The second-order valence-electron chi connectivity index (χ2n) is 7.27. The van der Waals surface area contributed by atoms with E-state index in [2.05, 4.69) is 0 Å². The summed E-state index contributed by atoms with van der Waals surface area (Å²) < 4.78 is 29.3. The molecule has 25 heavy (non-hydrogen) atoms. The van der Waals surface area contributed by atoms with E-state index in [1.54, 1.807) is 45.0 Å². The molecule has 0 N–H and O–H groups in total. The number of alkyl halides is 2. The summed E-state index contributed by atoms with van der Waals surface area (Å²) in [5.41, 5.74) is 0.0839. The smallest absolute Gasteiger partial charge is 0.201 e. The van der Waals surface area contributed by atoms with Gasteiger partial charge < -0.3 is 0 Å². The van der Waals surface area contributed by atoms with Crippen molar-refractivity contribution in [3.63, 3.8) is 0 Å². The molecule has 0 radical (unpaired) electrons. The summed E-state index contributed by atoms with van der Waals surface area (Å²) in [6.07, 6.45) is -3.80. The van der Waals surface area contributed by atoms with E-state index in [0.29, 0.717) is 0 Å². The number of aryl methyl sites for hydroxylation is 1.